The highest BCUT2D eigenvalue weighted by atomic mass is 16.5. The Morgan fingerprint density at radius 2 is 1.76 bits per heavy atom. The smallest absolute Gasteiger partial charge is 0.0700 e. The Labute approximate surface area is 104 Å². The molecule has 0 aromatic heterocycles. The van der Waals surface area contributed by atoms with Crippen molar-refractivity contribution in [3.8, 4) is 0 Å². The fraction of sp³-hybridized carbons (Fsp3) is 1.00. The fourth-order valence-electron chi connectivity index (χ4n) is 2.20. The zero-order chi connectivity index (χ0) is 12.3. The van der Waals surface area contributed by atoms with Crippen LogP contribution >= 0.6 is 0 Å². The highest BCUT2D eigenvalue weighted by Crippen LogP contribution is 2.27. The zero-order valence-electron chi connectivity index (χ0n) is 10.9. The predicted octanol–water partition coefficient (Wildman–Crippen LogP) is 1.61. The van der Waals surface area contributed by atoms with E-state index in [9.17, 15) is 5.11 Å². The molecule has 0 aromatic rings. The normalized spacial score (nSPS) is 24.4. The molecule has 102 valence electrons. The molecule has 2 unspecified atom stereocenters. The van der Waals surface area contributed by atoms with Crippen LogP contribution in [0.25, 0.3) is 0 Å². The van der Waals surface area contributed by atoms with Crippen molar-refractivity contribution in [1.82, 2.24) is 0 Å². The molecule has 1 N–H and O–H groups in total. The fourth-order valence-corrected chi connectivity index (χ4v) is 2.20. The summed E-state index contributed by atoms with van der Waals surface area (Å²) in [5.74, 6) is 0.466. The van der Waals surface area contributed by atoms with E-state index in [0.29, 0.717) is 19.1 Å². The topological polar surface area (TPSA) is 47.9 Å². The van der Waals surface area contributed by atoms with Crippen molar-refractivity contribution in [1.29, 1.82) is 0 Å². The molecule has 1 fully saturated rings. The second-order valence-corrected chi connectivity index (χ2v) is 4.62. The van der Waals surface area contributed by atoms with Crippen LogP contribution in [0.5, 0.6) is 0 Å². The Morgan fingerprint density at radius 3 is 2.41 bits per heavy atom. The minimum absolute atomic E-state index is 0.0871. The number of ether oxygens (including phenoxy) is 3. The number of aliphatic hydroxyl groups excluding tert-OH is 1. The lowest BCUT2D eigenvalue weighted by molar-refractivity contribution is 0.0443. The summed E-state index contributed by atoms with van der Waals surface area (Å²) < 4.78 is 15.7. The van der Waals surface area contributed by atoms with Gasteiger partial charge in [-0.1, -0.05) is 6.42 Å². The lowest BCUT2D eigenvalue weighted by Gasteiger charge is -2.13. The summed E-state index contributed by atoms with van der Waals surface area (Å²) in [6.07, 6.45) is 5.13. The summed E-state index contributed by atoms with van der Waals surface area (Å²) in [6.45, 7) is 3.55. The van der Waals surface area contributed by atoms with Crippen LogP contribution in [0.3, 0.4) is 0 Å². The highest BCUT2D eigenvalue weighted by molar-refractivity contribution is 4.76. The van der Waals surface area contributed by atoms with Gasteiger partial charge >= 0.3 is 0 Å². The van der Waals surface area contributed by atoms with E-state index in [1.807, 2.05) is 0 Å². The maximum Gasteiger partial charge on any atom is 0.0700 e. The molecule has 4 nitrogen and oxygen atoms in total. The molecule has 0 heterocycles. The van der Waals surface area contributed by atoms with Gasteiger partial charge in [-0.2, -0.15) is 0 Å². The minimum Gasteiger partial charge on any atom is -0.393 e. The number of methoxy groups -OCH3 is 1. The molecule has 1 rings (SSSR count). The van der Waals surface area contributed by atoms with E-state index in [2.05, 4.69) is 0 Å². The van der Waals surface area contributed by atoms with Crippen LogP contribution in [0.2, 0.25) is 0 Å². The van der Waals surface area contributed by atoms with E-state index in [1.54, 1.807) is 7.11 Å². The van der Waals surface area contributed by atoms with Gasteiger partial charge in [0.15, 0.2) is 0 Å². The van der Waals surface area contributed by atoms with Gasteiger partial charge in [0.2, 0.25) is 0 Å². The van der Waals surface area contributed by atoms with Crippen LogP contribution in [0.15, 0.2) is 0 Å². The van der Waals surface area contributed by atoms with Crippen LogP contribution in [-0.2, 0) is 14.2 Å². The third-order valence-electron chi connectivity index (χ3n) is 3.26. The maximum atomic E-state index is 9.62. The molecule has 0 aromatic carbocycles. The Balaban J connectivity index is 1.78. The summed E-state index contributed by atoms with van der Waals surface area (Å²) in [4.78, 5) is 0. The molecule has 2 atom stereocenters. The van der Waals surface area contributed by atoms with Crippen molar-refractivity contribution in [2.45, 2.75) is 38.2 Å². The first-order valence-corrected chi connectivity index (χ1v) is 6.67. The number of rotatable bonds is 10. The van der Waals surface area contributed by atoms with Gasteiger partial charge in [-0.15, -0.1) is 0 Å². The van der Waals surface area contributed by atoms with E-state index in [-0.39, 0.29) is 6.10 Å². The largest absolute Gasteiger partial charge is 0.393 e. The van der Waals surface area contributed by atoms with Crippen molar-refractivity contribution < 1.29 is 19.3 Å². The molecule has 0 bridgehead atoms. The molecule has 0 radical (unpaired) electrons. The van der Waals surface area contributed by atoms with Crippen molar-refractivity contribution in [2.75, 3.05) is 40.1 Å². The summed E-state index contributed by atoms with van der Waals surface area (Å²) in [5, 5.41) is 9.62. The van der Waals surface area contributed by atoms with E-state index >= 15 is 0 Å². The van der Waals surface area contributed by atoms with Crippen LogP contribution in [0.1, 0.15) is 32.1 Å². The Bertz CT molecular complexity index is 175. The summed E-state index contributed by atoms with van der Waals surface area (Å²) >= 11 is 0. The molecule has 0 spiro atoms. The minimum atomic E-state index is -0.0871. The highest BCUT2D eigenvalue weighted by Gasteiger charge is 2.24. The summed E-state index contributed by atoms with van der Waals surface area (Å²) in [7, 11) is 1.67. The number of hydrogen-bond donors (Lipinski definition) is 1. The number of hydrogen-bond acceptors (Lipinski definition) is 4. The molecule has 1 aliphatic carbocycles. The van der Waals surface area contributed by atoms with Gasteiger partial charge < -0.3 is 19.3 Å². The standard InChI is InChI=1S/C13H26O4/c1-15-10-11-17-8-3-7-16-9-6-12-4-2-5-13(12)14/h12-14H,2-11H2,1H3. The molecule has 0 aliphatic heterocycles. The first-order valence-electron chi connectivity index (χ1n) is 6.67. The third kappa shape index (κ3) is 6.99. The predicted molar refractivity (Wildman–Crippen MR) is 66.1 cm³/mol. The van der Waals surface area contributed by atoms with Crippen LogP contribution in [0.4, 0.5) is 0 Å². The van der Waals surface area contributed by atoms with Gasteiger partial charge in [-0.25, -0.2) is 0 Å². The molecule has 4 heteroatoms. The average molecular weight is 246 g/mol. The van der Waals surface area contributed by atoms with Gasteiger partial charge in [0.1, 0.15) is 0 Å². The Kier molecular flexibility index (Phi) is 8.61. The lowest BCUT2D eigenvalue weighted by Crippen LogP contribution is -2.15. The van der Waals surface area contributed by atoms with Crippen LogP contribution in [-0.4, -0.2) is 51.4 Å². The first kappa shape index (κ1) is 14.9. The third-order valence-corrected chi connectivity index (χ3v) is 3.26. The first-order chi connectivity index (χ1) is 8.34. The van der Waals surface area contributed by atoms with Gasteiger partial charge in [0.05, 0.1) is 19.3 Å². The van der Waals surface area contributed by atoms with Crippen molar-refractivity contribution >= 4 is 0 Å². The molecular weight excluding hydrogens is 220 g/mol. The quantitative estimate of drug-likeness (QED) is 0.595. The second kappa shape index (κ2) is 9.83. The lowest BCUT2D eigenvalue weighted by atomic mass is 10.0. The SMILES string of the molecule is COCCOCCCOCCC1CCCC1O. The molecule has 17 heavy (non-hydrogen) atoms. The van der Waals surface area contributed by atoms with Gasteiger partial charge in [0.25, 0.3) is 0 Å². The van der Waals surface area contributed by atoms with E-state index in [0.717, 1.165) is 45.5 Å². The summed E-state index contributed by atoms with van der Waals surface area (Å²) in [6, 6.07) is 0. The van der Waals surface area contributed by atoms with E-state index < -0.39 is 0 Å². The second-order valence-electron chi connectivity index (χ2n) is 4.62. The molecule has 0 amide bonds. The van der Waals surface area contributed by atoms with E-state index in [4.69, 9.17) is 14.2 Å². The number of aliphatic hydroxyl groups is 1. The van der Waals surface area contributed by atoms with Crippen molar-refractivity contribution in [2.24, 2.45) is 5.92 Å². The van der Waals surface area contributed by atoms with Gasteiger partial charge in [-0.3, -0.25) is 0 Å². The monoisotopic (exact) mass is 246 g/mol. The zero-order valence-corrected chi connectivity index (χ0v) is 10.9. The Morgan fingerprint density at radius 1 is 1.00 bits per heavy atom. The molecule has 1 aliphatic rings. The van der Waals surface area contributed by atoms with E-state index in [1.165, 1.54) is 6.42 Å². The molecule has 1 saturated carbocycles. The maximum absolute atomic E-state index is 9.62. The molecular formula is C13H26O4. The average Bonchev–Trinajstić information content (AvgIpc) is 2.73. The summed E-state index contributed by atoms with van der Waals surface area (Å²) in [5.41, 5.74) is 0. The Hall–Kier alpha value is -0.160. The van der Waals surface area contributed by atoms with Crippen LogP contribution in [0, 0.1) is 5.92 Å². The molecule has 0 saturated heterocycles. The van der Waals surface area contributed by atoms with Crippen LogP contribution < -0.4 is 0 Å². The van der Waals surface area contributed by atoms with Gasteiger partial charge in [-0.05, 0) is 31.6 Å². The van der Waals surface area contributed by atoms with Crippen molar-refractivity contribution in [3.05, 3.63) is 0 Å². The van der Waals surface area contributed by atoms with Gasteiger partial charge in [0, 0.05) is 26.9 Å². The van der Waals surface area contributed by atoms with Crippen molar-refractivity contribution in [3.63, 3.8) is 0 Å².